The largest absolute Gasteiger partial charge is 0.444 e. The van der Waals surface area contributed by atoms with E-state index in [1.54, 1.807) is 0 Å². The molecule has 2 rings (SSSR count). The molecule has 2 atom stereocenters. The number of likely N-dealkylation sites (tertiary alicyclic amines) is 1. The molecule has 0 radical (unpaired) electrons. The maximum atomic E-state index is 12.3. The zero-order valence-electron chi connectivity index (χ0n) is 15.2. The Bertz CT molecular complexity index is 387. The Kier molecular flexibility index (Phi) is 6.32. The van der Waals surface area contributed by atoms with E-state index in [1.165, 1.54) is 0 Å². The summed E-state index contributed by atoms with van der Waals surface area (Å²) in [7, 11) is 0. The molecule has 2 fully saturated rings. The van der Waals surface area contributed by atoms with Gasteiger partial charge in [-0.25, -0.2) is 4.79 Å². The first-order valence-corrected chi connectivity index (χ1v) is 9.07. The van der Waals surface area contributed by atoms with Crippen LogP contribution in [0.3, 0.4) is 0 Å². The molecule has 0 bridgehead atoms. The topological polar surface area (TPSA) is 48.0 Å². The number of ether oxygens (including phenoxy) is 3. The Morgan fingerprint density at radius 3 is 2.74 bits per heavy atom. The molecule has 1 amide bonds. The van der Waals surface area contributed by atoms with E-state index in [1.807, 2.05) is 25.7 Å². The van der Waals surface area contributed by atoms with Gasteiger partial charge in [-0.05, 0) is 59.3 Å². The van der Waals surface area contributed by atoms with Crippen LogP contribution in [0, 0.1) is 0 Å². The van der Waals surface area contributed by atoms with Gasteiger partial charge < -0.3 is 19.1 Å². The molecular formula is C18H33NO4. The molecule has 2 unspecified atom stereocenters. The Morgan fingerprint density at radius 1 is 1.35 bits per heavy atom. The highest BCUT2D eigenvalue weighted by atomic mass is 16.6. The molecule has 0 N–H and O–H groups in total. The maximum Gasteiger partial charge on any atom is 0.410 e. The molecule has 2 aliphatic heterocycles. The molecule has 0 spiro atoms. The Labute approximate surface area is 140 Å². The van der Waals surface area contributed by atoms with Crippen molar-refractivity contribution < 1.29 is 19.0 Å². The molecule has 0 aromatic rings. The van der Waals surface area contributed by atoms with E-state index in [-0.39, 0.29) is 11.7 Å². The van der Waals surface area contributed by atoms with Gasteiger partial charge in [0.15, 0.2) is 0 Å². The van der Waals surface area contributed by atoms with E-state index in [0.29, 0.717) is 19.3 Å². The molecule has 0 saturated carbocycles. The minimum absolute atomic E-state index is 0.224. The maximum absolute atomic E-state index is 12.3. The van der Waals surface area contributed by atoms with Gasteiger partial charge in [0.25, 0.3) is 0 Å². The van der Waals surface area contributed by atoms with Gasteiger partial charge in [-0.2, -0.15) is 0 Å². The van der Waals surface area contributed by atoms with Crippen molar-refractivity contribution in [3.05, 3.63) is 0 Å². The Morgan fingerprint density at radius 2 is 2.13 bits per heavy atom. The summed E-state index contributed by atoms with van der Waals surface area (Å²) in [6.45, 7) is 10.8. The highest BCUT2D eigenvalue weighted by Crippen LogP contribution is 2.30. The quantitative estimate of drug-likeness (QED) is 0.771. The van der Waals surface area contributed by atoms with E-state index in [2.05, 4.69) is 6.92 Å². The van der Waals surface area contributed by atoms with Crippen LogP contribution < -0.4 is 0 Å². The monoisotopic (exact) mass is 327 g/mol. The standard InChI is InChI=1S/C18H33NO4/c1-5-18(22-13-9-15-8-6-12-21-15)10-7-11-19(14-18)16(20)23-17(2,3)4/h15H,5-14H2,1-4H3. The Balaban J connectivity index is 1.85. The van der Waals surface area contributed by atoms with Gasteiger partial charge in [0, 0.05) is 19.8 Å². The third-order valence-corrected chi connectivity index (χ3v) is 4.71. The van der Waals surface area contributed by atoms with E-state index >= 15 is 0 Å². The van der Waals surface area contributed by atoms with E-state index in [9.17, 15) is 4.79 Å². The lowest BCUT2D eigenvalue weighted by Gasteiger charge is -2.42. The smallest absolute Gasteiger partial charge is 0.410 e. The third-order valence-electron chi connectivity index (χ3n) is 4.71. The average molecular weight is 327 g/mol. The van der Waals surface area contributed by atoms with Gasteiger partial charge in [-0.1, -0.05) is 6.92 Å². The Hall–Kier alpha value is -0.810. The van der Waals surface area contributed by atoms with E-state index in [4.69, 9.17) is 14.2 Å². The second-order valence-electron chi connectivity index (χ2n) is 7.81. The fraction of sp³-hybridized carbons (Fsp3) is 0.944. The van der Waals surface area contributed by atoms with Crippen LogP contribution in [0.1, 0.15) is 66.2 Å². The number of nitrogens with zero attached hydrogens (tertiary/aromatic N) is 1. The van der Waals surface area contributed by atoms with Crippen molar-refractivity contribution in [1.29, 1.82) is 0 Å². The average Bonchev–Trinajstić information content (AvgIpc) is 2.99. The summed E-state index contributed by atoms with van der Waals surface area (Å²) in [5.41, 5.74) is -0.683. The number of hydrogen-bond acceptors (Lipinski definition) is 4. The van der Waals surface area contributed by atoms with Crippen LogP contribution in [0.4, 0.5) is 4.79 Å². The van der Waals surface area contributed by atoms with E-state index < -0.39 is 5.60 Å². The molecule has 0 aromatic heterocycles. The van der Waals surface area contributed by atoms with Crippen molar-refractivity contribution in [3.63, 3.8) is 0 Å². The number of hydrogen-bond donors (Lipinski definition) is 0. The lowest BCUT2D eigenvalue weighted by atomic mass is 9.90. The van der Waals surface area contributed by atoms with Gasteiger partial charge in [0.2, 0.25) is 0 Å². The molecular weight excluding hydrogens is 294 g/mol. The van der Waals surface area contributed by atoms with Crippen LogP contribution in [0.2, 0.25) is 0 Å². The van der Waals surface area contributed by atoms with Crippen molar-refractivity contribution in [3.8, 4) is 0 Å². The lowest BCUT2D eigenvalue weighted by molar-refractivity contribution is -0.0997. The second-order valence-corrected chi connectivity index (χ2v) is 7.81. The van der Waals surface area contributed by atoms with Crippen molar-refractivity contribution in [2.75, 3.05) is 26.3 Å². The first-order valence-electron chi connectivity index (χ1n) is 9.07. The summed E-state index contributed by atoms with van der Waals surface area (Å²) in [6.07, 6.45) is 6.28. The summed E-state index contributed by atoms with van der Waals surface area (Å²) < 4.78 is 17.4. The summed E-state index contributed by atoms with van der Waals surface area (Å²) >= 11 is 0. The highest BCUT2D eigenvalue weighted by Gasteiger charge is 2.38. The van der Waals surface area contributed by atoms with E-state index in [0.717, 1.165) is 51.7 Å². The minimum Gasteiger partial charge on any atom is -0.444 e. The van der Waals surface area contributed by atoms with Gasteiger partial charge in [0.1, 0.15) is 5.60 Å². The first kappa shape index (κ1) is 18.5. The fourth-order valence-electron chi connectivity index (χ4n) is 3.37. The third kappa shape index (κ3) is 5.64. The number of piperidine rings is 1. The number of carbonyl (C=O) groups is 1. The summed E-state index contributed by atoms with van der Waals surface area (Å²) in [4.78, 5) is 14.1. The zero-order chi connectivity index (χ0) is 16.9. The van der Waals surface area contributed by atoms with Crippen LogP contribution in [0.25, 0.3) is 0 Å². The second kappa shape index (κ2) is 7.84. The molecule has 23 heavy (non-hydrogen) atoms. The predicted octanol–water partition coefficient (Wildman–Crippen LogP) is 3.75. The van der Waals surface area contributed by atoms with Gasteiger partial charge in [-0.3, -0.25) is 0 Å². The van der Waals surface area contributed by atoms with Crippen LogP contribution in [-0.4, -0.2) is 54.6 Å². The first-order chi connectivity index (χ1) is 10.8. The van der Waals surface area contributed by atoms with Crippen molar-refractivity contribution in [2.24, 2.45) is 0 Å². The number of amides is 1. The molecule has 2 saturated heterocycles. The molecule has 134 valence electrons. The lowest BCUT2D eigenvalue weighted by Crippen LogP contribution is -2.52. The zero-order valence-corrected chi connectivity index (χ0v) is 15.2. The molecule has 2 aliphatic rings. The van der Waals surface area contributed by atoms with Crippen LogP contribution >= 0.6 is 0 Å². The number of carbonyl (C=O) groups excluding carboxylic acids is 1. The predicted molar refractivity (Wildman–Crippen MR) is 89.6 cm³/mol. The molecule has 5 heteroatoms. The van der Waals surface area contributed by atoms with Crippen molar-refractivity contribution in [2.45, 2.75) is 83.5 Å². The minimum atomic E-state index is -0.454. The van der Waals surface area contributed by atoms with Crippen molar-refractivity contribution >= 4 is 6.09 Å². The van der Waals surface area contributed by atoms with Crippen LogP contribution in [0.15, 0.2) is 0 Å². The molecule has 5 nitrogen and oxygen atoms in total. The van der Waals surface area contributed by atoms with Gasteiger partial charge >= 0.3 is 6.09 Å². The normalized spacial score (nSPS) is 28.9. The molecule has 2 heterocycles. The number of rotatable bonds is 5. The highest BCUT2D eigenvalue weighted by molar-refractivity contribution is 5.68. The molecule has 0 aromatic carbocycles. The summed E-state index contributed by atoms with van der Waals surface area (Å²) in [6, 6.07) is 0. The fourth-order valence-corrected chi connectivity index (χ4v) is 3.37. The van der Waals surface area contributed by atoms with Crippen LogP contribution in [0.5, 0.6) is 0 Å². The van der Waals surface area contributed by atoms with Gasteiger partial charge in [-0.15, -0.1) is 0 Å². The SMILES string of the molecule is CCC1(OCCC2CCCO2)CCCN(C(=O)OC(C)(C)C)C1. The van der Waals surface area contributed by atoms with Gasteiger partial charge in [0.05, 0.1) is 18.2 Å². The summed E-state index contributed by atoms with van der Waals surface area (Å²) in [5.74, 6) is 0. The van der Waals surface area contributed by atoms with Crippen LogP contribution in [-0.2, 0) is 14.2 Å². The summed E-state index contributed by atoms with van der Waals surface area (Å²) in [5, 5.41) is 0. The van der Waals surface area contributed by atoms with Crippen molar-refractivity contribution in [1.82, 2.24) is 4.90 Å². The molecule has 0 aliphatic carbocycles.